The number of hydrogen-bond donors (Lipinski definition) is 2. The minimum absolute atomic E-state index is 0.0813. The van der Waals surface area contributed by atoms with Crippen molar-refractivity contribution in [3.8, 4) is 0 Å². The molecule has 1 aromatic carbocycles. The number of ether oxygens (including phenoxy) is 2. The van der Waals surface area contributed by atoms with Crippen LogP contribution in [0.25, 0.3) is 5.57 Å². The van der Waals surface area contributed by atoms with Crippen molar-refractivity contribution in [2.45, 2.75) is 84.3 Å². The van der Waals surface area contributed by atoms with Crippen LogP contribution in [-0.4, -0.2) is 68.4 Å². The molecule has 0 radical (unpaired) electrons. The summed E-state index contributed by atoms with van der Waals surface area (Å²) in [4.78, 5) is 29.5. The fraction of sp³-hybridized carbons (Fsp3) is 0.593. The molecular formula is C27H40BN3O6. The largest absolute Gasteiger partial charge is 0.494 e. The molecule has 0 unspecified atom stereocenters. The van der Waals surface area contributed by atoms with Crippen molar-refractivity contribution in [1.29, 1.82) is 0 Å². The molecule has 0 aromatic heterocycles. The van der Waals surface area contributed by atoms with Crippen molar-refractivity contribution in [2.24, 2.45) is 10.9 Å². The number of allylic oxidation sites excluding steroid dienone is 1. The topological polar surface area (TPSA) is 107 Å². The van der Waals surface area contributed by atoms with Crippen LogP contribution in [-0.2, 0) is 23.6 Å². The molecule has 2 N–H and O–H groups in total. The first-order valence-corrected chi connectivity index (χ1v) is 12.7. The van der Waals surface area contributed by atoms with Gasteiger partial charge in [-0.15, -0.1) is 0 Å². The average Bonchev–Trinajstić information content (AvgIpc) is 3.41. The number of hydrogen-bond acceptors (Lipinski definition) is 7. The molecular weight excluding hydrogens is 473 g/mol. The lowest BCUT2D eigenvalue weighted by Gasteiger charge is -2.32. The monoisotopic (exact) mass is 513 g/mol. The van der Waals surface area contributed by atoms with Crippen LogP contribution in [0.3, 0.4) is 0 Å². The van der Waals surface area contributed by atoms with E-state index in [0.29, 0.717) is 6.42 Å². The standard InChI is InChI=1S/C27H40BN3O6/c1-16(2)22(30-24(32)23(17(3)34-8)31-25(33)35-9)21-14-19(15-29-21)18-10-12-20(13-11-18)28-36-26(4,5)27(6,7)37-28/h10-13,15-17,22-23H,14H2,1-9H3,(H,30,32)(H,31,33)/t17-,22+,23+/m1/s1. The predicted molar refractivity (Wildman–Crippen MR) is 145 cm³/mol. The van der Waals surface area contributed by atoms with E-state index >= 15 is 0 Å². The lowest BCUT2D eigenvalue weighted by atomic mass is 9.78. The summed E-state index contributed by atoms with van der Waals surface area (Å²) in [6.45, 7) is 13.9. The Morgan fingerprint density at radius 2 is 1.59 bits per heavy atom. The van der Waals surface area contributed by atoms with Gasteiger partial charge in [0.15, 0.2) is 0 Å². The van der Waals surface area contributed by atoms with Crippen LogP contribution in [0.1, 0.15) is 60.5 Å². The summed E-state index contributed by atoms with van der Waals surface area (Å²) in [6, 6.07) is 6.92. The third-order valence-electron chi connectivity index (χ3n) is 7.47. The first-order chi connectivity index (χ1) is 17.3. The molecule has 2 aliphatic heterocycles. The number of benzene rings is 1. The fourth-order valence-corrected chi connectivity index (χ4v) is 4.24. The molecule has 10 heteroatoms. The van der Waals surface area contributed by atoms with Crippen molar-refractivity contribution in [1.82, 2.24) is 10.6 Å². The van der Waals surface area contributed by atoms with Crippen molar-refractivity contribution in [3.05, 3.63) is 36.0 Å². The van der Waals surface area contributed by atoms with Crippen LogP contribution in [0.2, 0.25) is 0 Å². The number of methoxy groups -OCH3 is 2. The molecule has 0 spiro atoms. The Hall–Kier alpha value is -2.69. The molecule has 9 nitrogen and oxygen atoms in total. The second-order valence-corrected chi connectivity index (χ2v) is 10.9. The Morgan fingerprint density at radius 3 is 2.11 bits per heavy atom. The van der Waals surface area contributed by atoms with E-state index in [1.165, 1.54) is 14.2 Å². The molecule has 37 heavy (non-hydrogen) atoms. The van der Waals surface area contributed by atoms with E-state index in [9.17, 15) is 9.59 Å². The van der Waals surface area contributed by atoms with E-state index in [4.69, 9.17) is 14.0 Å². The molecule has 0 bridgehead atoms. The molecule has 3 rings (SSSR count). The minimum atomic E-state index is -0.907. The molecule has 2 heterocycles. The van der Waals surface area contributed by atoms with Gasteiger partial charge in [0.1, 0.15) is 6.04 Å². The quantitative estimate of drug-likeness (QED) is 0.492. The third-order valence-corrected chi connectivity index (χ3v) is 7.47. The summed E-state index contributed by atoms with van der Waals surface area (Å²) < 4.78 is 22.3. The molecule has 1 saturated heterocycles. The number of rotatable bonds is 9. The van der Waals surface area contributed by atoms with Gasteiger partial charge in [-0.25, -0.2) is 4.79 Å². The summed E-state index contributed by atoms with van der Waals surface area (Å²) in [5.74, 6) is -0.279. The maximum atomic E-state index is 13.1. The summed E-state index contributed by atoms with van der Waals surface area (Å²) in [5, 5.41) is 5.60. The highest BCUT2D eigenvalue weighted by atomic mass is 16.7. The maximum Gasteiger partial charge on any atom is 0.494 e. The molecule has 1 fully saturated rings. The Kier molecular flexibility index (Phi) is 8.87. The van der Waals surface area contributed by atoms with Crippen molar-refractivity contribution in [2.75, 3.05) is 14.2 Å². The van der Waals surface area contributed by atoms with Gasteiger partial charge in [0.25, 0.3) is 0 Å². The summed E-state index contributed by atoms with van der Waals surface area (Å²) in [7, 11) is 2.32. The average molecular weight is 513 g/mol. The van der Waals surface area contributed by atoms with Crippen LogP contribution < -0.4 is 16.1 Å². The molecule has 0 aliphatic carbocycles. The zero-order chi connectivity index (χ0) is 27.5. The van der Waals surface area contributed by atoms with E-state index < -0.39 is 36.6 Å². The summed E-state index contributed by atoms with van der Waals surface area (Å²) in [6.07, 6.45) is 1.21. The lowest BCUT2D eigenvalue weighted by molar-refractivity contribution is -0.126. The Bertz CT molecular complexity index is 1030. The van der Waals surface area contributed by atoms with Gasteiger partial charge >= 0.3 is 13.2 Å². The fourth-order valence-electron chi connectivity index (χ4n) is 4.24. The van der Waals surface area contributed by atoms with E-state index in [1.54, 1.807) is 6.92 Å². The first kappa shape index (κ1) is 28.9. The smallest absolute Gasteiger partial charge is 0.453 e. The van der Waals surface area contributed by atoms with Crippen LogP contribution in [0.4, 0.5) is 4.79 Å². The van der Waals surface area contributed by atoms with Gasteiger partial charge < -0.3 is 29.4 Å². The number of carbonyl (C=O) groups is 2. The number of amides is 2. The number of nitrogens with one attached hydrogen (secondary N) is 2. The van der Waals surface area contributed by atoms with Crippen LogP contribution in [0.5, 0.6) is 0 Å². The van der Waals surface area contributed by atoms with Gasteiger partial charge in [-0.2, -0.15) is 0 Å². The van der Waals surface area contributed by atoms with Crippen molar-refractivity contribution >= 4 is 35.9 Å². The van der Waals surface area contributed by atoms with Gasteiger partial charge in [-0.05, 0) is 57.1 Å². The highest BCUT2D eigenvalue weighted by molar-refractivity contribution is 6.62. The van der Waals surface area contributed by atoms with Gasteiger partial charge in [0.05, 0.1) is 30.5 Å². The van der Waals surface area contributed by atoms with E-state index in [0.717, 1.165) is 22.3 Å². The number of aliphatic imine (C=N–C) groups is 1. The van der Waals surface area contributed by atoms with Crippen LogP contribution in [0.15, 0.2) is 35.5 Å². The maximum absolute atomic E-state index is 13.1. The molecule has 202 valence electrons. The van der Waals surface area contributed by atoms with Crippen LogP contribution in [0, 0.1) is 5.92 Å². The summed E-state index contributed by atoms with van der Waals surface area (Å²) >= 11 is 0. The number of carbonyl (C=O) groups excluding carboxylic acids is 2. The highest BCUT2D eigenvalue weighted by Crippen LogP contribution is 2.36. The third kappa shape index (κ3) is 6.42. The Labute approximate surface area is 220 Å². The highest BCUT2D eigenvalue weighted by Gasteiger charge is 2.51. The zero-order valence-electron chi connectivity index (χ0n) is 23.4. The molecule has 2 amide bonds. The Morgan fingerprint density at radius 1 is 1.00 bits per heavy atom. The van der Waals surface area contributed by atoms with Crippen molar-refractivity contribution < 1.29 is 28.4 Å². The molecule has 0 saturated carbocycles. The zero-order valence-corrected chi connectivity index (χ0v) is 23.4. The second-order valence-electron chi connectivity index (χ2n) is 10.9. The van der Waals surface area contributed by atoms with Gasteiger partial charge in [-0.3, -0.25) is 9.79 Å². The van der Waals surface area contributed by atoms with Crippen LogP contribution >= 0.6 is 0 Å². The minimum Gasteiger partial charge on any atom is -0.453 e. The molecule has 3 atom stereocenters. The normalized spacial score (nSPS) is 20.6. The predicted octanol–water partition coefficient (Wildman–Crippen LogP) is 3.07. The molecule has 2 aliphatic rings. The van der Waals surface area contributed by atoms with Crippen molar-refractivity contribution in [3.63, 3.8) is 0 Å². The number of nitrogens with zero attached hydrogens (tertiary/aromatic N) is 1. The number of alkyl carbamates (subject to hydrolysis) is 1. The molecule has 1 aromatic rings. The van der Waals surface area contributed by atoms with Gasteiger partial charge in [-0.1, -0.05) is 38.1 Å². The van der Waals surface area contributed by atoms with E-state index in [2.05, 4.69) is 20.4 Å². The van der Waals surface area contributed by atoms with Gasteiger partial charge in [0, 0.05) is 25.4 Å². The van der Waals surface area contributed by atoms with E-state index in [1.807, 2.05) is 72.0 Å². The van der Waals surface area contributed by atoms with E-state index in [-0.39, 0.29) is 17.9 Å². The lowest BCUT2D eigenvalue weighted by Crippen LogP contribution is -2.57. The van der Waals surface area contributed by atoms with Gasteiger partial charge in [0.2, 0.25) is 5.91 Å². The SMILES string of the molecule is COC(=O)N[C@H](C(=O)N[C@H](C1=NC=C(c2ccc(B3OC(C)(C)C(C)(C)O3)cc2)C1)C(C)C)[C@@H](C)OC. The first-order valence-electron chi connectivity index (χ1n) is 12.7. The Balaban J connectivity index is 1.67. The summed E-state index contributed by atoms with van der Waals surface area (Å²) in [5.41, 5.74) is 3.14. The second kappa shape index (κ2) is 11.4.